The van der Waals surface area contributed by atoms with Crippen LogP contribution in [-0.2, 0) is 61.8 Å². The van der Waals surface area contributed by atoms with Crippen LogP contribution in [0.2, 0.25) is 0 Å². The fourth-order valence-corrected chi connectivity index (χ4v) is 11.3. The van der Waals surface area contributed by atoms with Gasteiger partial charge in [-0.15, -0.1) is 0 Å². The van der Waals surface area contributed by atoms with Crippen LogP contribution in [0.4, 0.5) is 26.3 Å². The number of nitrogens with zero attached hydrogens (tertiary/aromatic N) is 36. The van der Waals surface area contributed by atoms with Crippen molar-refractivity contribution in [2.75, 3.05) is 19.6 Å². The molecular weight excluding hydrogens is 1460 g/mol. The predicted octanol–water partition coefficient (Wildman–Crippen LogP) is 8.48. The van der Waals surface area contributed by atoms with Crippen LogP contribution in [-0.4, -0.2) is 239 Å². The van der Waals surface area contributed by atoms with Gasteiger partial charge in [-0.25, -0.2) is 26.3 Å². The normalized spacial score (nSPS) is 35.3. The Balaban J connectivity index is 0.000000382. The van der Waals surface area contributed by atoms with Crippen molar-refractivity contribution in [3.05, 3.63) is 125 Å². The number of carbonyl (C=O) groups excluding carboxylic acids is 4. The number of ether oxygens (including phenoxy) is 9. The van der Waals surface area contributed by atoms with Gasteiger partial charge < -0.3 is 68.2 Å². The van der Waals surface area contributed by atoms with Crippen molar-refractivity contribution < 1.29 is 114 Å². The van der Waals surface area contributed by atoms with Crippen molar-refractivity contribution in [2.45, 2.75) is 231 Å². The minimum Gasteiger partial charge on any atom is -0.458 e. The van der Waals surface area contributed by atoms with Gasteiger partial charge in [-0.05, 0) is 85.6 Å². The molecule has 0 spiro atoms. The second-order valence-electron chi connectivity index (χ2n) is 22.7. The first-order chi connectivity index (χ1) is 50.1. The summed E-state index contributed by atoms with van der Waals surface area (Å²) in [5, 5.41) is 89.4. The number of rotatable bonds is 23. The topological polar surface area (TPSA) is 838 Å². The minimum atomic E-state index is -4.01. The highest BCUT2D eigenvalue weighted by molar-refractivity contribution is 5.68. The lowest BCUT2D eigenvalue weighted by molar-refractivity contribution is -0.325. The van der Waals surface area contributed by atoms with E-state index in [4.69, 9.17) is 104 Å². The molecule has 27 atom stereocenters. The number of carbonyl (C=O) groups is 4. The molecule has 3 saturated carbocycles. The first-order valence-corrected chi connectivity index (χ1v) is 30.0. The van der Waals surface area contributed by atoms with Crippen LogP contribution in [0.1, 0.15) is 60.8 Å². The molecular formula is C46H62F6N36O18. The summed E-state index contributed by atoms with van der Waals surface area (Å²) in [5.74, 6) is -17.2. The Bertz CT molecular complexity index is 3710. The number of alkyl halides is 6. The molecule has 576 valence electrons. The average Bonchev–Trinajstić information content (AvgIpc) is 0.778. The first-order valence-electron chi connectivity index (χ1n) is 30.0. The number of azide groups is 12. The summed E-state index contributed by atoms with van der Waals surface area (Å²) in [6.07, 6.45) is -27.8. The average molecular weight is 1520 g/mol. The van der Waals surface area contributed by atoms with Gasteiger partial charge in [0.25, 0.3) is 17.8 Å². The Kier molecular flexibility index (Phi) is 35.2. The molecule has 106 heavy (non-hydrogen) atoms. The molecule has 3 saturated heterocycles. The molecule has 60 heteroatoms. The summed E-state index contributed by atoms with van der Waals surface area (Å²) in [6, 6.07) is -11.8. The van der Waals surface area contributed by atoms with Crippen LogP contribution >= 0.6 is 0 Å². The third-order valence-corrected chi connectivity index (χ3v) is 16.2. The monoisotopic (exact) mass is 1520 g/mol. The van der Waals surface area contributed by atoms with E-state index in [2.05, 4.69) is 125 Å². The van der Waals surface area contributed by atoms with Gasteiger partial charge >= 0.3 is 23.9 Å². The van der Waals surface area contributed by atoms with Crippen molar-refractivity contribution in [3.63, 3.8) is 0 Å². The van der Waals surface area contributed by atoms with Gasteiger partial charge in [-0.3, -0.25) is 19.2 Å². The number of hydrogen-bond donors (Lipinski definition) is 5. The van der Waals surface area contributed by atoms with Crippen LogP contribution in [0.15, 0.2) is 61.4 Å². The highest BCUT2D eigenvalue weighted by Gasteiger charge is 2.61. The lowest BCUT2D eigenvalue weighted by Gasteiger charge is -2.47. The molecule has 3 aliphatic carbocycles. The molecule has 0 bridgehead atoms. The smallest absolute Gasteiger partial charge is 0.303 e. The molecule has 0 amide bonds. The number of esters is 4. The Morgan fingerprint density at radius 2 is 0.670 bits per heavy atom. The van der Waals surface area contributed by atoms with E-state index in [1.54, 1.807) is 0 Å². The molecule has 54 nitrogen and oxygen atoms in total. The van der Waals surface area contributed by atoms with E-state index in [1.807, 2.05) is 0 Å². The second-order valence-corrected chi connectivity index (χ2v) is 22.7. The van der Waals surface area contributed by atoms with Gasteiger partial charge in [0.15, 0.2) is 31.1 Å². The van der Waals surface area contributed by atoms with Gasteiger partial charge in [-0.2, -0.15) is 0 Å². The van der Waals surface area contributed by atoms with Crippen molar-refractivity contribution in [2.24, 2.45) is 73.2 Å². The third kappa shape index (κ3) is 23.1. The third-order valence-electron chi connectivity index (χ3n) is 16.2. The zero-order valence-corrected chi connectivity index (χ0v) is 55.2. The van der Waals surface area contributed by atoms with Gasteiger partial charge in [0.2, 0.25) is 0 Å². The van der Waals surface area contributed by atoms with E-state index < -0.39 is 226 Å². The maximum Gasteiger partial charge on any atom is 0.303 e. The van der Waals surface area contributed by atoms with Crippen LogP contribution in [0.3, 0.4) is 0 Å². The summed E-state index contributed by atoms with van der Waals surface area (Å²) in [4.78, 5) is 76.1. The number of aliphatic hydroxyl groups excluding tert-OH is 5. The fraction of sp³-hybridized carbons (Fsp3) is 0.913. The Hall–Kier alpha value is -11.2. The fourth-order valence-electron chi connectivity index (χ4n) is 11.3. The van der Waals surface area contributed by atoms with E-state index in [-0.39, 0.29) is 19.3 Å². The highest BCUT2D eigenvalue weighted by Crippen LogP contribution is 2.45. The Labute approximate surface area is 585 Å². The summed E-state index contributed by atoms with van der Waals surface area (Å²) in [6.45, 7) is 4.17. The van der Waals surface area contributed by atoms with Gasteiger partial charge in [0.1, 0.15) is 61.0 Å². The van der Waals surface area contributed by atoms with E-state index >= 15 is 0 Å². The summed E-state index contributed by atoms with van der Waals surface area (Å²) < 4.78 is 133. The molecule has 0 aromatic heterocycles. The maximum atomic E-state index is 14.9. The Morgan fingerprint density at radius 1 is 0.368 bits per heavy atom. The van der Waals surface area contributed by atoms with E-state index in [0.717, 1.165) is 41.5 Å². The minimum absolute atomic E-state index is 0.0367. The second kappa shape index (κ2) is 41.9. The molecule has 0 aromatic rings. The van der Waals surface area contributed by atoms with Crippen LogP contribution in [0.25, 0.3) is 125 Å². The van der Waals surface area contributed by atoms with Gasteiger partial charge in [-0.1, -0.05) is 75.2 Å². The van der Waals surface area contributed by atoms with E-state index in [9.17, 15) is 71.1 Å². The van der Waals surface area contributed by atoms with Crippen LogP contribution in [0, 0.1) is 11.8 Å². The zero-order chi connectivity index (χ0) is 80.0. The lowest BCUT2D eigenvalue weighted by atomic mass is 9.83. The SMILES string of the molecule is CC(=O)O[C@@H]1[C@@H](OC(C)=O)[C@H](N=[N+]=[N-])C[C@H](N=[N+]=[N-])[C@H]1O[C@H]1O[C@H](CN=[N+]=[N-])C(F)(F)[C@H](C)[C@H]1N=[N+]=[N-].CC(=O)O[C@@H]1[C@@H](OC(C)=O)[C@H](O)[C@@H](N=[N+]=[N-])C[C@H]1N=[N+]=[N-].C[C@@H]1[C@@H](N=[N+]=[N-])[C@@H](O)O[C@H](CN=[N+]=[N-])C1(F)F.[N-]=[N+]=NC[C@H]1O[C@H](O[C@H]2[C@H](O)[C@@H](O)[C@H](N=[N+]=[N-])C[C@@H]2N=[N+]=[N-])[C@H](N=[N+]=[N-])[C@@H](O)C1(F)F. The van der Waals surface area contributed by atoms with Crippen molar-refractivity contribution in [1.82, 2.24) is 0 Å². The molecule has 6 aliphatic rings. The van der Waals surface area contributed by atoms with Crippen LogP contribution < -0.4 is 0 Å². The first kappa shape index (κ1) is 89.0. The molecule has 3 aliphatic heterocycles. The largest absolute Gasteiger partial charge is 0.458 e. The van der Waals surface area contributed by atoms with E-state index in [1.165, 1.54) is 0 Å². The Morgan fingerprint density at radius 3 is 1.08 bits per heavy atom. The molecule has 5 N–H and O–H groups in total. The summed E-state index contributed by atoms with van der Waals surface area (Å²) in [7, 11) is 0. The van der Waals surface area contributed by atoms with Gasteiger partial charge in [0.05, 0.1) is 80.2 Å². The zero-order valence-electron chi connectivity index (χ0n) is 55.2. The summed E-state index contributed by atoms with van der Waals surface area (Å²) >= 11 is 0. The molecule has 0 radical (unpaired) electrons. The predicted molar refractivity (Wildman–Crippen MR) is 330 cm³/mol. The molecule has 0 unspecified atom stereocenters. The van der Waals surface area contributed by atoms with Crippen LogP contribution in [0.5, 0.6) is 0 Å². The number of hydrogen-bond acceptors (Lipinski definition) is 30. The van der Waals surface area contributed by atoms with Crippen molar-refractivity contribution >= 4 is 23.9 Å². The summed E-state index contributed by atoms with van der Waals surface area (Å²) in [5.41, 5.74) is 103. The lowest BCUT2D eigenvalue weighted by Crippen LogP contribution is -2.64. The highest BCUT2D eigenvalue weighted by atomic mass is 19.3. The van der Waals surface area contributed by atoms with Gasteiger partial charge in [0, 0.05) is 98.5 Å². The van der Waals surface area contributed by atoms with E-state index in [0.29, 0.717) is 0 Å². The maximum absolute atomic E-state index is 14.9. The quantitative estimate of drug-likeness (QED) is 0.0160. The van der Waals surface area contributed by atoms with Crippen molar-refractivity contribution in [3.8, 4) is 0 Å². The molecule has 0 aromatic carbocycles. The standard InChI is InChI=1S/C17H22F2N12O6.C12H16F2N12O5.C10H14N6O5.C7H10F2N6O2/c1-6-12(27-31-23)16(36-11(5-24-28-20)17(6,18)19)37-14-10(26-30-22)4-9(25-29-21)13(34-7(2)32)15(14)35-8(3)33;13-12(14)5(2-19-23-15)30-11(6(10(12)29)22-26-18)31-9-4(21-25-17)1-3(20-24-16)7(27)8(9)28;1-4(17)20-9-7(14-16-12)3-6(13-15-11)8(19)10(9)21-5(2)18;1-3-5(13-15-11)6(16)17-4(2-12-14-10)7(3,8)9/h6,9-16H,4-5H2,1-3H3;3-11,27-29H,1-2H2;6-10,19H,3H2,1-2H3;3-6,16H,2H2,1H3/t6-,9-,10+,11-,12-,13+,14-,15-,16-;3-,4+,5-,6-,7+,8-,9-,10-,11-;6-,7+,8+,9-,10-;3-,4-,5-,6+/m1101/s1. The van der Waals surface area contributed by atoms with Crippen molar-refractivity contribution in [1.29, 1.82) is 0 Å². The number of halogens is 6. The molecule has 6 rings (SSSR count). The molecule has 6 fully saturated rings. The molecule has 3 heterocycles. The number of aliphatic hydroxyl groups is 5.